The quantitative estimate of drug-likeness (QED) is 0.687. The first kappa shape index (κ1) is 14.0. The number of fused-ring (bicyclic) bond motifs is 1. The number of hydrogen-bond donors (Lipinski definition) is 1. The van der Waals surface area contributed by atoms with Gasteiger partial charge in [0.1, 0.15) is 25.2 Å². The number of hydrogen-bond acceptors (Lipinski definition) is 5. The SMILES string of the molecule is O=C(Cn1cnnn1)NCCOc1cccc2ccccc12. The molecule has 0 fully saturated rings. The molecule has 3 aromatic rings. The van der Waals surface area contributed by atoms with Crippen LogP contribution in [0.3, 0.4) is 0 Å². The largest absolute Gasteiger partial charge is 0.491 e. The number of nitrogens with one attached hydrogen (secondary N) is 1. The molecule has 0 atom stereocenters. The summed E-state index contributed by atoms with van der Waals surface area (Å²) in [6.45, 7) is 0.917. The normalized spacial score (nSPS) is 10.5. The van der Waals surface area contributed by atoms with E-state index in [0.717, 1.165) is 16.5 Å². The Morgan fingerprint density at radius 3 is 2.91 bits per heavy atom. The Balaban J connectivity index is 1.49. The maximum Gasteiger partial charge on any atom is 0.241 e. The van der Waals surface area contributed by atoms with E-state index in [2.05, 4.69) is 20.8 Å². The fourth-order valence-corrected chi connectivity index (χ4v) is 2.13. The van der Waals surface area contributed by atoms with Crippen molar-refractivity contribution in [1.82, 2.24) is 25.5 Å². The number of amides is 1. The zero-order chi connectivity index (χ0) is 15.2. The summed E-state index contributed by atoms with van der Waals surface area (Å²) >= 11 is 0. The van der Waals surface area contributed by atoms with Crippen molar-refractivity contribution < 1.29 is 9.53 Å². The smallest absolute Gasteiger partial charge is 0.241 e. The highest BCUT2D eigenvalue weighted by Gasteiger charge is 2.04. The summed E-state index contributed by atoms with van der Waals surface area (Å²) in [6, 6.07) is 13.9. The third-order valence-corrected chi connectivity index (χ3v) is 3.13. The van der Waals surface area contributed by atoms with Crippen LogP contribution >= 0.6 is 0 Å². The average molecular weight is 297 g/mol. The molecule has 7 nitrogen and oxygen atoms in total. The first-order valence-electron chi connectivity index (χ1n) is 6.91. The number of ether oxygens (including phenoxy) is 1. The van der Waals surface area contributed by atoms with Crippen LogP contribution in [0, 0.1) is 0 Å². The number of rotatable bonds is 6. The predicted octanol–water partition coefficient (Wildman–Crippen LogP) is 1.02. The van der Waals surface area contributed by atoms with Crippen molar-refractivity contribution in [3.8, 4) is 5.75 Å². The number of carbonyl (C=O) groups is 1. The first-order chi connectivity index (χ1) is 10.8. The molecule has 0 saturated heterocycles. The van der Waals surface area contributed by atoms with Crippen molar-refractivity contribution in [2.45, 2.75) is 6.54 Å². The second-order valence-corrected chi connectivity index (χ2v) is 4.68. The highest BCUT2D eigenvalue weighted by atomic mass is 16.5. The standard InChI is InChI=1S/C15H15N5O2/c21-15(10-20-11-17-18-19-20)16-8-9-22-14-7-3-5-12-4-1-2-6-13(12)14/h1-7,11H,8-10H2,(H,16,21). The molecular formula is C15H15N5O2. The molecule has 0 aliphatic rings. The van der Waals surface area contributed by atoms with Crippen LogP contribution in [0.1, 0.15) is 0 Å². The molecular weight excluding hydrogens is 282 g/mol. The zero-order valence-electron chi connectivity index (χ0n) is 11.8. The van der Waals surface area contributed by atoms with Crippen LogP contribution in [0.25, 0.3) is 10.8 Å². The Hall–Kier alpha value is -2.96. The Kier molecular flexibility index (Phi) is 4.24. The molecule has 0 bridgehead atoms. The van der Waals surface area contributed by atoms with Gasteiger partial charge in [-0.1, -0.05) is 36.4 Å². The van der Waals surface area contributed by atoms with Gasteiger partial charge in [0.05, 0.1) is 6.54 Å². The minimum absolute atomic E-state index is 0.0985. The van der Waals surface area contributed by atoms with Crippen LogP contribution in [0.15, 0.2) is 48.8 Å². The average Bonchev–Trinajstić information content (AvgIpc) is 3.04. The summed E-state index contributed by atoms with van der Waals surface area (Å²) in [5, 5.41) is 15.5. The number of aromatic nitrogens is 4. The van der Waals surface area contributed by atoms with E-state index in [4.69, 9.17) is 4.74 Å². The molecule has 112 valence electrons. The molecule has 2 aromatic carbocycles. The molecule has 7 heteroatoms. The number of nitrogens with zero attached hydrogens (tertiary/aromatic N) is 4. The van der Waals surface area contributed by atoms with Gasteiger partial charge in [0.15, 0.2) is 0 Å². The van der Waals surface area contributed by atoms with Crippen molar-refractivity contribution in [1.29, 1.82) is 0 Å². The van der Waals surface area contributed by atoms with E-state index in [-0.39, 0.29) is 12.5 Å². The van der Waals surface area contributed by atoms with Gasteiger partial charge in [0.25, 0.3) is 0 Å². The molecule has 0 saturated carbocycles. The van der Waals surface area contributed by atoms with Crippen LogP contribution in [0.4, 0.5) is 0 Å². The van der Waals surface area contributed by atoms with Gasteiger partial charge in [-0.05, 0) is 21.9 Å². The molecule has 0 aliphatic heterocycles. The Bertz CT molecular complexity index is 752. The second kappa shape index (κ2) is 6.66. The maximum absolute atomic E-state index is 11.7. The third-order valence-electron chi connectivity index (χ3n) is 3.13. The zero-order valence-corrected chi connectivity index (χ0v) is 11.8. The number of carbonyl (C=O) groups excluding carboxylic acids is 1. The fourth-order valence-electron chi connectivity index (χ4n) is 2.13. The monoisotopic (exact) mass is 297 g/mol. The lowest BCUT2D eigenvalue weighted by molar-refractivity contribution is -0.121. The topological polar surface area (TPSA) is 81.9 Å². The van der Waals surface area contributed by atoms with Crippen LogP contribution < -0.4 is 10.1 Å². The van der Waals surface area contributed by atoms with Gasteiger partial charge in [-0.15, -0.1) is 5.10 Å². The van der Waals surface area contributed by atoms with E-state index in [0.29, 0.717) is 13.2 Å². The lowest BCUT2D eigenvalue weighted by Crippen LogP contribution is -2.31. The summed E-state index contributed by atoms with van der Waals surface area (Å²) in [6.07, 6.45) is 1.40. The van der Waals surface area contributed by atoms with Gasteiger partial charge >= 0.3 is 0 Å². The Morgan fingerprint density at radius 1 is 1.18 bits per heavy atom. The molecule has 0 aliphatic carbocycles. The molecule has 3 rings (SSSR count). The van der Waals surface area contributed by atoms with E-state index in [1.807, 2.05) is 42.5 Å². The minimum atomic E-state index is -0.159. The summed E-state index contributed by atoms with van der Waals surface area (Å²) in [7, 11) is 0. The number of tetrazole rings is 1. The molecule has 0 spiro atoms. The highest BCUT2D eigenvalue weighted by molar-refractivity contribution is 5.88. The molecule has 1 N–H and O–H groups in total. The molecule has 1 amide bonds. The van der Waals surface area contributed by atoms with E-state index >= 15 is 0 Å². The molecule has 22 heavy (non-hydrogen) atoms. The van der Waals surface area contributed by atoms with Gasteiger partial charge in [-0.25, -0.2) is 4.68 Å². The summed E-state index contributed by atoms with van der Waals surface area (Å²) in [5.41, 5.74) is 0. The summed E-state index contributed by atoms with van der Waals surface area (Å²) in [5.74, 6) is 0.654. The van der Waals surface area contributed by atoms with Crippen LogP contribution in [0.5, 0.6) is 5.75 Å². The van der Waals surface area contributed by atoms with Gasteiger partial charge < -0.3 is 10.1 Å². The van der Waals surface area contributed by atoms with E-state index < -0.39 is 0 Å². The second-order valence-electron chi connectivity index (χ2n) is 4.68. The summed E-state index contributed by atoms with van der Waals surface area (Å²) < 4.78 is 7.11. The third kappa shape index (κ3) is 3.38. The predicted molar refractivity (Wildman–Crippen MR) is 80.3 cm³/mol. The summed E-state index contributed by atoms with van der Waals surface area (Å²) in [4.78, 5) is 11.7. The van der Waals surface area contributed by atoms with Gasteiger partial charge in [0.2, 0.25) is 5.91 Å². The molecule has 1 aromatic heterocycles. The molecule has 0 unspecified atom stereocenters. The lowest BCUT2D eigenvalue weighted by Gasteiger charge is -2.10. The lowest BCUT2D eigenvalue weighted by atomic mass is 10.1. The van der Waals surface area contributed by atoms with Crippen LogP contribution in [-0.2, 0) is 11.3 Å². The maximum atomic E-state index is 11.7. The van der Waals surface area contributed by atoms with Gasteiger partial charge in [-0.2, -0.15) is 0 Å². The number of benzene rings is 2. The molecule has 0 radical (unpaired) electrons. The van der Waals surface area contributed by atoms with Crippen molar-refractivity contribution in [2.24, 2.45) is 0 Å². The van der Waals surface area contributed by atoms with Crippen LogP contribution in [0.2, 0.25) is 0 Å². The van der Waals surface area contributed by atoms with Crippen molar-refractivity contribution in [3.05, 3.63) is 48.8 Å². The fraction of sp³-hybridized carbons (Fsp3) is 0.200. The van der Waals surface area contributed by atoms with E-state index in [9.17, 15) is 4.79 Å². The first-order valence-corrected chi connectivity index (χ1v) is 6.91. The van der Waals surface area contributed by atoms with Crippen molar-refractivity contribution >= 4 is 16.7 Å². The Morgan fingerprint density at radius 2 is 2.05 bits per heavy atom. The van der Waals surface area contributed by atoms with Crippen molar-refractivity contribution in [2.75, 3.05) is 13.2 Å². The van der Waals surface area contributed by atoms with E-state index in [1.165, 1.54) is 11.0 Å². The Labute approximate surface area is 126 Å². The van der Waals surface area contributed by atoms with Gasteiger partial charge in [-0.3, -0.25) is 4.79 Å². The minimum Gasteiger partial charge on any atom is -0.491 e. The highest BCUT2D eigenvalue weighted by Crippen LogP contribution is 2.24. The van der Waals surface area contributed by atoms with Crippen LogP contribution in [-0.4, -0.2) is 39.3 Å². The molecule has 1 heterocycles. The van der Waals surface area contributed by atoms with Gasteiger partial charge in [0, 0.05) is 5.39 Å². The van der Waals surface area contributed by atoms with Crippen molar-refractivity contribution in [3.63, 3.8) is 0 Å². The van der Waals surface area contributed by atoms with E-state index in [1.54, 1.807) is 0 Å².